The predicted molar refractivity (Wildman–Crippen MR) is 65.0 cm³/mol. The molecule has 1 saturated carbocycles. The van der Waals surface area contributed by atoms with Crippen molar-refractivity contribution in [2.45, 2.75) is 57.8 Å². The van der Waals surface area contributed by atoms with Gasteiger partial charge in [-0.05, 0) is 25.3 Å². The van der Waals surface area contributed by atoms with Gasteiger partial charge < -0.3 is 10.4 Å². The normalized spacial score (nSPS) is 21.4. The second-order valence-electron chi connectivity index (χ2n) is 4.85. The Bertz CT molecular complexity index is 126. The molecule has 1 fully saturated rings. The van der Waals surface area contributed by atoms with Gasteiger partial charge in [0.15, 0.2) is 0 Å². The molecule has 1 aliphatic carbocycles. The number of hydrogen-bond donors (Lipinski definition) is 2. The van der Waals surface area contributed by atoms with Gasteiger partial charge in [0.2, 0.25) is 0 Å². The van der Waals surface area contributed by atoms with Gasteiger partial charge in [0.1, 0.15) is 0 Å². The maximum absolute atomic E-state index is 8.72. The van der Waals surface area contributed by atoms with Crippen LogP contribution in [0, 0.1) is 5.92 Å². The van der Waals surface area contributed by atoms with Crippen molar-refractivity contribution >= 4 is 0 Å². The molecule has 90 valence electrons. The van der Waals surface area contributed by atoms with Crippen LogP contribution in [0.1, 0.15) is 57.8 Å². The highest BCUT2D eigenvalue weighted by molar-refractivity contribution is 4.65. The molecule has 0 heterocycles. The molecule has 0 aliphatic heterocycles. The highest BCUT2D eigenvalue weighted by Gasteiger charge is 2.09. The van der Waals surface area contributed by atoms with Gasteiger partial charge in [-0.1, -0.05) is 44.9 Å². The molecule has 1 rings (SSSR count). The van der Waals surface area contributed by atoms with E-state index in [-0.39, 0.29) is 6.61 Å². The molecule has 0 unspecified atom stereocenters. The van der Waals surface area contributed by atoms with Crippen molar-refractivity contribution in [3.8, 4) is 0 Å². The van der Waals surface area contributed by atoms with Gasteiger partial charge in [-0.25, -0.2) is 0 Å². The fraction of sp³-hybridized carbons (Fsp3) is 1.00. The van der Waals surface area contributed by atoms with Crippen LogP contribution in [0.4, 0.5) is 0 Å². The average Bonchev–Trinajstić information content (AvgIpc) is 2.27. The summed E-state index contributed by atoms with van der Waals surface area (Å²) >= 11 is 0. The molecule has 2 N–H and O–H groups in total. The summed E-state index contributed by atoms with van der Waals surface area (Å²) in [5, 5.41) is 12.1. The largest absolute Gasteiger partial charge is 0.395 e. The van der Waals surface area contributed by atoms with E-state index in [0.717, 1.165) is 19.0 Å². The van der Waals surface area contributed by atoms with Gasteiger partial charge in [0, 0.05) is 6.54 Å². The van der Waals surface area contributed by atoms with Gasteiger partial charge >= 0.3 is 0 Å². The maximum Gasteiger partial charge on any atom is 0.0555 e. The Morgan fingerprint density at radius 2 is 1.40 bits per heavy atom. The van der Waals surface area contributed by atoms with Gasteiger partial charge in [0.05, 0.1) is 6.61 Å². The summed E-state index contributed by atoms with van der Waals surface area (Å²) in [5.74, 6) is 0.856. The molecule has 0 bridgehead atoms. The summed E-state index contributed by atoms with van der Waals surface area (Å²) < 4.78 is 0. The standard InChI is InChI=1S/C13H27NO/c15-11-10-14-12-13-8-6-4-2-1-3-5-7-9-13/h13-15H,1-12H2. The Morgan fingerprint density at radius 3 is 1.93 bits per heavy atom. The first-order valence-electron chi connectivity index (χ1n) is 6.75. The molecule has 0 amide bonds. The van der Waals surface area contributed by atoms with Crippen molar-refractivity contribution in [3.05, 3.63) is 0 Å². The third-order valence-corrected chi connectivity index (χ3v) is 3.45. The van der Waals surface area contributed by atoms with Crippen LogP contribution in [-0.2, 0) is 0 Å². The first-order valence-corrected chi connectivity index (χ1v) is 6.75. The second-order valence-corrected chi connectivity index (χ2v) is 4.85. The van der Waals surface area contributed by atoms with E-state index in [1.165, 1.54) is 57.8 Å². The van der Waals surface area contributed by atoms with Crippen molar-refractivity contribution in [1.82, 2.24) is 5.32 Å². The maximum atomic E-state index is 8.72. The molecule has 0 aromatic rings. The molecule has 0 aromatic carbocycles. The van der Waals surface area contributed by atoms with Crippen molar-refractivity contribution in [2.75, 3.05) is 19.7 Å². The lowest BCUT2D eigenvalue weighted by Crippen LogP contribution is -2.25. The van der Waals surface area contributed by atoms with Crippen molar-refractivity contribution in [3.63, 3.8) is 0 Å². The van der Waals surface area contributed by atoms with Gasteiger partial charge in [0.25, 0.3) is 0 Å². The zero-order chi connectivity index (χ0) is 10.8. The summed E-state index contributed by atoms with van der Waals surface area (Å²) in [6.45, 7) is 2.14. The smallest absolute Gasteiger partial charge is 0.0555 e. The lowest BCUT2D eigenvalue weighted by atomic mass is 9.92. The number of aliphatic hydroxyl groups excluding tert-OH is 1. The van der Waals surface area contributed by atoms with E-state index in [9.17, 15) is 0 Å². The van der Waals surface area contributed by atoms with Gasteiger partial charge in [-0.2, -0.15) is 0 Å². The minimum atomic E-state index is 0.271. The van der Waals surface area contributed by atoms with Crippen LogP contribution < -0.4 is 5.32 Å². The van der Waals surface area contributed by atoms with E-state index < -0.39 is 0 Å². The molecule has 0 spiro atoms. The van der Waals surface area contributed by atoms with Crippen LogP contribution in [0.15, 0.2) is 0 Å². The molecule has 2 nitrogen and oxygen atoms in total. The lowest BCUT2D eigenvalue weighted by Gasteiger charge is -2.18. The Kier molecular flexibility index (Phi) is 7.94. The van der Waals surface area contributed by atoms with E-state index in [1.807, 2.05) is 0 Å². The first-order chi connectivity index (χ1) is 7.43. The minimum Gasteiger partial charge on any atom is -0.395 e. The van der Waals surface area contributed by atoms with Crippen molar-refractivity contribution < 1.29 is 5.11 Å². The molecule has 0 radical (unpaired) electrons. The highest BCUT2D eigenvalue weighted by atomic mass is 16.3. The Labute approximate surface area is 94.5 Å². The van der Waals surface area contributed by atoms with E-state index >= 15 is 0 Å². The minimum absolute atomic E-state index is 0.271. The Balaban J connectivity index is 2.13. The van der Waals surface area contributed by atoms with Gasteiger partial charge in [-0.3, -0.25) is 0 Å². The number of aliphatic hydroxyl groups is 1. The zero-order valence-corrected chi connectivity index (χ0v) is 10.0. The Morgan fingerprint density at radius 1 is 0.867 bits per heavy atom. The van der Waals surface area contributed by atoms with E-state index in [1.54, 1.807) is 0 Å². The summed E-state index contributed by atoms with van der Waals surface area (Å²) in [7, 11) is 0. The van der Waals surface area contributed by atoms with E-state index in [2.05, 4.69) is 5.32 Å². The summed E-state index contributed by atoms with van der Waals surface area (Å²) in [6.07, 6.45) is 12.8. The molecule has 2 heteroatoms. The number of hydrogen-bond acceptors (Lipinski definition) is 2. The highest BCUT2D eigenvalue weighted by Crippen LogP contribution is 2.20. The number of nitrogens with one attached hydrogen (secondary N) is 1. The van der Waals surface area contributed by atoms with Crippen molar-refractivity contribution in [2.24, 2.45) is 5.92 Å². The van der Waals surface area contributed by atoms with Crippen LogP contribution in [0.3, 0.4) is 0 Å². The molecule has 0 atom stereocenters. The van der Waals surface area contributed by atoms with Crippen LogP contribution in [0.5, 0.6) is 0 Å². The SMILES string of the molecule is OCCNCC1CCCCCCCCC1. The predicted octanol–water partition coefficient (Wildman–Crippen LogP) is 2.71. The second kappa shape index (κ2) is 9.17. The van der Waals surface area contributed by atoms with E-state index in [4.69, 9.17) is 5.11 Å². The average molecular weight is 213 g/mol. The van der Waals surface area contributed by atoms with E-state index in [0.29, 0.717) is 0 Å². The molecular formula is C13H27NO. The molecular weight excluding hydrogens is 186 g/mol. The first kappa shape index (κ1) is 13.0. The number of rotatable bonds is 4. The topological polar surface area (TPSA) is 32.3 Å². The van der Waals surface area contributed by atoms with Crippen molar-refractivity contribution in [1.29, 1.82) is 0 Å². The monoisotopic (exact) mass is 213 g/mol. The summed E-state index contributed by atoms with van der Waals surface area (Å²) in [6, 6.07) is 0. The lowest BCUT2D eigenvalue weighted by molar-refractivity contribution is 0.282. The quantitative estimate of drug-likeness (QED) is 0.704. The molecule has 0 saturated heterocycles. The fourth-order valence-electron chi connectivity index (χ4n) is 2.48. The third-order valence-electron chi connectivity index (χ3n) is 3.45. The van der Waals surface area contributed by atoms with Crippen LogP contribution in [0.2, 0.25) is 0 Å². The summed E-state index contributed by atoms with van der Waals surface area (Å²) in [4.78, 5) is 0. The molecule has 0 aromatic heterocycles. The third kappa shape index (κ3) is 6.91. The Hall–Kier alpha value is -0.0800. The molecule has 1 aliphatic rings. The summed E-state index contributed by atoms with van der Waals surface area (Å²) in [5.41, 5.74) is 0. The van der Waals surface area contributed by atoms with Crippen LogP contribution >= 0.6 is 0 Å². The molecule has 15 heavy (non-hydrogen) atoms. The fourth-order valence-corrected chi connectivity index (χ4v) is 2.48. The van der Waals surface area contributed by atoms with Crippen LogP contribution in [0.25, 0.3) is 0 Å². The van der Waals surface area contributed by atoms with Crippen LogP contribution in [-0.4, -0.2) is 24.8 Å². The van der Waals surface area contributed by atoms with Gasteiger partial charge in [-0.15, -0.1) is 0 Å². The zero-order valence-electron chi connectivity index (χ0n) is 10.0.